The van der Waals surface area contributed by atoms with Gasteiger partial charge in [-0.3, -0.25) is 4.79 Å². The maximum absolute atomic E-state index is 13.6. The number of piperidine rings is 1. The summed E-state index contributed by atoms with van der Waals surface area (Å²) in [5.41, 5.74) is 1.98. The molecule has 1 aliphatic rings. The summed E-state index contributed by atoms with van der Waals surface area (Å²) >= 11 is 0. The van der Waals surface area contributed by atoms with Gasteiger partial charge in [-0.15, -0.1) is 0 Å². The molecule has 0 aliphatic carbocycles. The minimum Gasteiger partial charge on any atom is -0.477 e. The molecule has 4 heterocycles. The zero-order chi connectivity index (χ0) is 23.3. The molecule has 172 valence electrons. The molecule has 1 saturated heterocycles. The highest BCUT2D eigenvalue weighted by atomic mass is 16.5. The number of benzene rings is 1. The predicted octanol–water partition coefficient (Wildman–Crippen LogP) is 4.51. The number of likely N-dealkylation sites (tertiary alicyclic amines) is 1. The number of amides is 1. The zero-order valence-corrected chi connectivity index (χ0v) is 18.9. The average molecular weight is 456 g/mol. The second-order valence-electron chi connectivity index (χ2n) is 8.38. The first kappa shape index (κ1) is 21.8. The standard InChI is InChI=1S/C26H25N5O3/c1-18-10-11-19(17-34-23-9-4-8-22(30-23)25-29-14-15-33-25)16-31(18)26(32)21-7-3-2-6-20(21)24-27-12-5-13-28-24/h2-9,12-15,18-19H,10-11,16-17H2,1H3/t18-,19-/m1/s1. The van der Waals surface area contributed by atoms with E-state index in [1.807, 2.05) is 47.4 Å². The summed E-state index contributed by atoms with van der Waals surface area (Å²) in [6, 6.07) is 14.9. The minimum atomic E-state index is -0.00994. The lowest BCUT2D eigenvalue weighted by Gasteiger charge is -2.38. The largest absolute Gasteiger partial charge is 0.477 e. The highest BCUT2D eigenvalue weighted by molar-refractivity contribution is 6.00. The molecule has 0 spiro atoms. The summed E-state index contributed by atoms with van der Waals surface area (Å²) in [4.78, 5) is 32.8. The van der Waals surface area contributed by atoms with E-state index in [0.717, 1.165) is 18.4 Å². The van der Waals surface area contributed by atoms with Crippen LogP contribution in [0.5, 0.6) is 5.88 Å². The van der Waals surface area contributed by atoms with Crippen LogP contribution < -0.4 is 4.74 Å². The number of hydrogen-bond donors (Lipinski definition) is 0. The Kier molecular flexibility index (Phi) is 6.29. The summed E-state index contributed by atoms with van der Waals surface area (Å²) in [7, 11) is 0. The number of carbonyl (C=O) groups is 1. The molecule has 0 unspecified atom stereocenters. The van der Waals surface area contributed by atoms with Crippen molar-refractivity contribution in [2.75, 3.05) is 13.2 Å². The van der Waals surface area contributed by atoms with Crippen molar-refractivity contribution in [2.24, 2.45) is 5.92 Å². The first-order valence-electron chi connectivity index (χ1n) is 11.4. The zero-order valence-electron chi connectivity index (χ0n) is 18.9. The SMILES string of the molecule is C[C@@H]1CC[C@@H](COc2cccc(-c3ncco3)n2)CN1C(=O)c1ccccc1-c1ncccn1. The third-order valence-electron chi connectivity index (χ3n) is 6.05. The van der Waals surface area contributed by atoms with Crippen molar-refractivity contribution in [1.82, 2.24) is 24.8 Å². The predicted molar refractivity (Wildman–Crippen MR) is 126 cm³/mol. The van der Waals surface area contributed by atoms with Gasteiger partial charge < -0.3 is 14.1 Å². The van der Waals surface area contributed by atoms with Crippen LogP contribution in [0.4, 0.5) is 0 Å². The lowest BCUT2D eigenvalue weighted by atomic mass is 9.92. The molecule has 8 heteroatoms. The Bertz CT molecular complexity index is 1250. The second-order valence-corrected chi connectivity index (χ2v) is 8.38. The molecule has 5 rings (SSSR count). The van der Waals surface area contributed by atoms with E-state index in [4.69, 9.17) is 9.15 Å². The Morgan fingerprint density at radius 2 is 1.88 bits per heavy atom. The lowest BCUT2D eigenvalue weighted by molar-refractivity contribution is 0.0503. The van der Waals surface area contributed by atoms with Crippen molar-refractivity contribution in [1.29, 1.82) is 0 Å². The van der Waals surface area contributed by atoms with Crippen LogP contribution in [0.25, 0.3) is 23.0 Å². The molecular weight excluding hydrogens is 430 g/mol. The van der Waals surface area contributed by atoms with E-state index in [0.29, 0.717) is 42.0 Å². The van der Waals surface area contributed by atoms with Gasteiger partial charge in [0.2, 0.25) is 11.8 Å². The molecule has 4 aromatic rings. The molecule has 8 nitrogen and oxygen atoms in total. The maximum Gasteiger partial charge on any atom is 0.254 e. The van der Waals surface area contributed by atoms with Gasteiger partial charge in [0.1, 0.15) is 12.0 Å². The third-order valence-corrected chi connectivity index (χ3v) is 6.05. The van der Waals surface area contributed by atoms with Crippen LogP contribution in [-0.4, -0.2) is 49.9 Å². The normalized spacial score (nSPS) is 18.0. The van der Waals surface area contributed by atoms with Crippen LogP contribution in [0.1, 0.15) is 30.1 Å². The molecule has 2 atom stereocenters. The minimum absolute atomic E-state index is 0.00994. The van der Waals surface area contributed by atoms with Gasteiger partial charge in [0, 0.05) is 42.5 Å². The molecule has 3 aromatic heterocycles. The number of hydrogen-bond acceptors (Lipinski definition) is 7. The number of nitrogens with zero attached hydrogens (tertiary/aromatic N) is 5. The molecule has 0 radical (unpaired) electrons. The van der Waals surface area contributed by atoms with Crippen LogP contribution in [0.15, 0.2) is 77.8 Å². The van der Waals surface area contributed by atoms with Gasteiger partial charge in [0.05, 0.1) is 18.4 Å². The van der Waals surface area contributed by atoms with Gasteiger partial charge in [-0.25, -0.2) is 19.9 Å². The van der Waals surface area contributed by atoms with Gasteiger partial charge in [0.25, 0.3) is 5.91 Å². The topological polar surface area (TPSA) is 94.2 Å². The molecule has 0 N–H and O–H groups in total. The van der Waals surface area contributed by atoms with Crippen molar-refractivity contribution < 1.29 is 13.9 Å². The quantitative estimate of drug-likeness (QED) is 0.422. The van der Waals surface area contributed by atoms with Crippen molar-refractivity contribution in [3.8, 4) is 28.9 Å². The third kappa shape index (κ3) is 4.66. The van der Waals surface area contributed by atoms with Crippen molar-refractivity contribution in [2.45, 2.75) is 25.8 Å². The van der Waals surface area contributed by atoms with Gasteiger partial charge in [-0.05, 0) is 38.0 Å². The number of ether oxygens (including phenoxy) is 1. The fourth-order valence-electron chi connectivity index (χ4n) is 4.23. The summed E-state index contributed by atoms with van der Waals surface area (Å²) < 4.78 is 11.3. The summed E-state index contributed by atoms with van der Waals surface area (Å²) in [5, 5.41) is 0. The summed E-state index contributed by atoms with van der Waals surface area (Å²) in [6.45, 7) is 3.18. The fraction of sp³-hybridized carbons (Fsp3) is 0.269. The number of pyridine rings is 1. The summed E-state index contributed by atoms with van der Waals surface area (Å²) in [6.07, 6.45) is 8.36. The molecule has 0 bridgehead atoms. The Balaban J connectivity index is 1.29. The van der Waals surface area contributed by atoms with Gasteiger partial charge >= 0.3 is 0 Å². The van der Waals surface area contributed by atoms with Gasteiger partial charge in [-0.2, -0.15) is 0 Å². The van der Waals surface area contributed by atoms with Crippen LogP contribution >= 0.6 is 0 Å². The molecule has 1 aliphatic heterocycles. The Morgan fingerprint density at radius 1 is 1.03 bits per heavy atom. The number of oxazole rings is 1. The smallest absolute Gasteiger partial charge is 0.254 e. The number of rotatable bonds is 6. The Hall–Kier alpha value is -4.07. The van der Waals surface area contributed by atoms with E-state index >= 15 is 0 Å². The maximum atomic E-state index is 13.6. The Morgan fingerprint density at radius 3 is 2.71 bits per heavy atom. The van der Waals surface area contributed by atoms with Crippen molar-refractivity contribution >= 4 is 5.91 Å². The van der Waals surface area contributed by atoms with Crippen LogP contribution in [0.2, 0.25) is 0 Å². The monoisotopic (exact) mass is 455 g/mol. The lowest BCUT2D eigenvalue weighted by Crippen LogP contribution is -2.47. The van der Waals surface area contributed by atoms with E-state index < -0.39 is 0 Å². The second kappa shape index (κ2) is 9.82. The average Bonchev–Trinajstić information content (AvgIpc) is 3.44. The van der Waals surface area contributed by atoms with Gasteiger partial charge in [-0.1, -0.05) is 24.3 Å². The molecule has 34 heavy (non-hydrogen) atoms. The van der Waals surface area contributed by atoms with Crippen LogP contribution in [0, 0.1) is 5.92 Å². The highest BCUT2D eigenvalue weighted by Crippen LogP contribution is 2.28. The fourth-order valence-corrected chi connectivity index (χ4v) is 4.23. The first-order chi connectivity index (χ1) is 16.7. The molecule has 1 aromatic carbocycles. The van der Waals surface area contributed by atoms with E-state index in [1.165, 1.54) is 6.26 Å². The van der Waals surface area contributed by atoms with Crippen LogP contribution in [-0.2, 0) is 0 Å². The molecule has 1 fully saturated rings. The number of aromatic nitrogens is 4. The Labute approximate surface area is 197 Å². The molecule has 1 amide bonds. The summed E-state index contributed by atoms with van der Waals surface area (Å²) in [5.74, 6) is 1.71. The first-order valence-corrected chi connectivity index (χ1v) is 11.4. The highest BCUT2D eigenvalue weighted by Gasteiger charge is 2.31. The van der Waals surface area contributed by atoms with Crippen LogP contribution in [0.3, 0.4) is 0 Å². The van der Waals surface area contributed by atoms with E-state index in [9.17, 15) is 4.79 Å². The van der Waals surface area contributed by atoms with E-state index in [-0.39, 0.29) is 17.9 Å². The molecule has 0 saturated carbocycles. The van der Waals surface area contributed by atoms with Gasteiger partial charge in [0.15, 0.2) is 5.82 Å². The van der Waals surface area contributed by atoms with E-state index in [2.05, 4.69) is 26.9 Å². The molecular formula is C26H25N5O3. The van der Waals surface area contributed by atoms with Crippen molar-refractivity contribution in [3.05, 3.63) is 78.9 Å². The number of carbonyl (C=O) groups excluding carboxylic acids is 1. The van der Waals surface area contributed by atoms with Crippen molar-refractivity contribution in [3.63, 3.8) is 0 Å². The van der Waals surface area contributed by atoms with E-state index in [1.54, 1.807) is 24.7 Å².